The molecular formula is C15H10ClFN2O2. The Balaban J connectivity index is 2.08. The van der Waals surface area contributed by atoms with E-state index in [1.54, 1.807) is 12.1 Å². The molecule has 0 radical (unpaired) electrons. The molecular weight excluding hydrogens is 295 g/mol. The Morgan fingerprint density at radius 3 is 2.71 bits per heavy atom. The van der Waals surface area contributed by atoms with Crippen molar-refractivity contribution in [2.45, 2.75) is 0 Å². The molecule has 106 valence electrons. The number of hydrogen-bond acceptors (Lipinski definition) is 3. The number of rotatable bonds is 2. The summed E-state index contributed by atoms with van der Waals surface area (Å²) in [6, 6.07) is 9.49. The summed E-state index contributed by atoms with van der Waals surface area (Å²) in [6.45, 7) is 0. The number of fused-ring (bicyclic) bond motifs is 1. The van der Waals surface area contributed by atoms with E-state index in [1.807, 2.05) is 12.1 Å². The molecule has 0 bridgehead atoms. The zero-order valence-electron chi connectivity index (χ0n) is 10.6. The molecule has 0 spiro atoms. The maximum Gasteiger partial charge on any atom is 0.198 e. The quantitative estimate of drug-likeness (QED) is 0.623. The molecule has 4 nitrogen and oxygen atoms in total. The highest BCUT2D eigenvalue weighted by Crippen LogP contribution is 2.33. The van der Waals surface area contributed by atoms with Gasteiger partial charge < -0.3 is 15.2 Å². The first-order valence-corrected chi connectivity index (χ1v) is 6.46. The molecule has 0 atom stereocenters. The summed E-state index contributed by atoms with van der Waals surface area (Å²) < 4.78 is 13.7. The lowest BCUT2D eigenvalue weighted by atomic mass is 10.2. The molecule has 3 rings (SSSR count). The van der Waals surface area contributed by atoms with E-state index in [0.29, 0.717) is 5.56 Å². The number of nitrogens with zero attached hydrogens (tertiary/aromatic N) is 1. The van der Waals surface area contributed by atoms with E-state index in [-0.39, 0.29) is 22.3 Å². The fourth-order valence-electron chi connectivity index (χ4n) is 2.09. The lowest BCUT2D eigenvalue weighted by Gasteiger charge is -2.01. The van der Waals surface area contributed by atoms with E-state index in [4.69, 9.17) is 11.6 Å². The Hall–Kier alpha value is -2.53. The van der Waals surface area contributed by atoms with Crippen LogP contribution in [-0.2, 0) is 0 Å². The number of aliphatic imine (C=N–C) groups is 1. The normalized spacial score (nSPS) is 11.5. The summed E-state index contributed by atoms with van der Waals surface area (Å²) in [4.78, 5) is 6.70. The van der Waals surface area contributed by atoms with Gasteiger partial charge in [0.25, 0.3) is 0 Å². The maximum absolute atomic E-state index is 13.7. The van der Waals surface area contributed by atoms with E-state index >= 15 is 0 Å². The molecule has 0 fully saturated rings. The fourth-order valence-corrected chi connectivity index (χ4v) is 2.29. The molecule has 21 heavy (non-hydrogen) atoms. The standard InChI is InChI=1S/C15H10ClFN2O2/c16-8-5-11(17)14(13(20)6-8)18-7-10-9-3-1-2-4-12(9)19-15(10)21/h1-7,19-21H. The van der Waals surface area contributed by atoms with Crippen LogP contribution in [0.5, 0.6) is 11.6 Å². The van der Waals surface area contributed by atoms with Crippen LogP contribution in [-0.4, -0.2) is 21.4 Å². The predicted molar refractivity (Wildman–Crippen MR) is 80.3 cm³/mol. The Morgan fingerprint density at radius 2 is 1.95 bits per heavy atom. The highest BCUT2D eigenvalue weighted by atomic mass is 35.5. The first-order chi connectivity index (χ1) is 10.1. The van der Waals surface area contributed by atoms with Gasteiger partial charge in [-0.1, -0.05) is 29.8 Å². The third-order valence-corrected chi connectivity index (χ3v) is 3.27. The Morgan fingerprint density at radius 1 is 1.19 bits per heavy atom. The van der Waals surface area contributed by atoms with Crippen molar-refractivity contribution in [1.82, 2.24) is 4.98 Å². The summed E-state index contributed by atoms with van der Waals surface area (Å²) in [5.74, 6) is -1.18. The molecule has 0 saturated carbocycles. The van der Waals surface area contributed by atoms with Crippen LogP contribution >= 0.6 is 11.6 Å². The number of para-hydroxylation sites is 1. The second-order valence-corrected chi connectivity index (χ2v) is 4.88. The van der Waals surface area contributed by atoms with Crippen LogP contribution in [0.1, 0.15) is 5.56 Å². The summed E-state index contributed by atoms with van der Waals surface area (Å²) in [5, 5.41) is 20.4. The van der Waals surface area contributed by atoms with Crippen molar-refractivity contribution >= 4 is 34.4 Å². The number of halogens is 2. The van der Waals surface area contributed by atoms with Crippen LogP contribution in [0.4, 0.5) is 10.1 Å². The highest BCUT2D eigenvalue weighted by molar-refractivity contribution is 6.30. The van der Waals surface area contributed by atoms with Crippen molar-refractivity contribution in [2.24, 2.45) is 4.99 Å². The number of aromatic hydroxyl groups is 2. The highest BCUT2D eigenvalue weighted by Gasteiger charge is 2.11. The Bertz CT molecular complexity index is 835. The molecule has 6 heteroatoms. The van der Waals surface area contributed by atoms with Crippen LogP contribution in [0.15, 0.2) is 41.4 Å². The summed E-state index contributed by atoms with van der Waals surface area (Å²) in [6.07, 6.45) is 1.29. The van der Waals surface area contributed by atoms with Crippen LogP contribution in [0.25, 0.3) is 10.9 Å². The molecule has 3 N–H and O–H groups in total. The number of aromatic amines is 1. The minimum absolute atomic E-state index is 0.0752. The van der Waals surface area contributed by atoms with Crippen LogP contribution in [0.2, 0.25) is 5.02 Å². The van der Waals surface area contributed by atoms with Crippen molar-refractivity contribution in [3.63, 3.8) is 0 Å². The van der Waals surface area contributed by atoms with Gasteiger partial charge in [0.15, 0.2) is 11.7 Å². The van der Waals surface area contributed by atoms with Crippen molar-refractivity contribution < 1.29 is 14.6 Å². The van der Waals surface area contributed by atoms with Gasteiger partial charge in [-0.15, -0.1) is 0 Å². The van der Waals surface area contributed by atoms with Gasteiger partial charge >= 0.3 is 0 Å². The van der Waals surface area contributed by atoms with Crippen molar-refractivity contribution in [3.8, 4) is 11.6 Å². The molecule has 1 aromatic heterocycles. The monoisotopic (exact) mass is 304 g/mol. The summed E-state index contributed by atoms with van der Waals surface area (Å²) in [7, 11) is 0. The van der Waals surface area contributed by atoms with Crippen LogP contribution in [0, 0.1) is 5.82 Å². The number of hydrogen-bond donors (Lipinski definition) is 3. The molecule has 0 aliphatic rings. The van der Waals surface area contributed by atoms with E-state index in [0.717, 1.165) is 17.0 Å². The van der Waals surface area contributed by atoms with E-state index < -0.39 is 5.82 Å². The lowest BCUT2D eigenvalue weighted by Crippen LogP contribution is -1.82. The molecule has 2 aromatic carbocycles. The number of phenolic OH excluding ortho intramolecular Hbond substituents is 1. The SMILES string of the molecule is Oc1cc(Cl)cc(F)c1N=Cc1c(O)[nH]c2ccccc12. The Kier molecular flexibility index (Phi) is 3.27. The zero-order valence-corrected chi connectivity index (χ0v) is 11.4. The largest absolute Gasteiger partial charge is 0.506 e. The lowest BCUT2D eigenvalue weighted by molar-refractivity contribution is 0.457. The molecule has 3 aromatic rings. The van der Waals surface area contributed by atoms with Gasteiger partial charge in [-0.05, 0) is 12.1 Å². The van der Waals surface area contributed by atoms with E-state index in [1.165, 1.54) is 12.3 Å². The molecule has 0 saturated heterocycles. The average Bonchev–Trinajstić information content (AvgIpc) is 2.73. The van der Waals surface area contributed by atoms with Crippen molar-refractivity contribution in [2.75, 3.05) is 0 Å². The minimum atomic E-state index is -0.740. The topological polar surface area (TPSA) is 68.6 Å². The number of aromatic nitrogens is 1. The number of phenols is 1. The third kappa shape index (κ3) is 2.43. The van der Waals surface area contributed by atoms with Crippen LogP contribution in [0.3, 0.4) is 0 Å². The smallest absolute Gasteiger partial charge is 0.198 e. The maximum atomic E-state index is 13.7. The van der Waals surface area contributed by atoms with Gasteiger partial charge in [-0.2, -0.15) is 0 Å². The van der Waals surface area contributed by atoms with Gasteiger partial charge in [0.1, 0.15) is 11.4 Å². The van der Waals surface area contributed by atoms with E-state index in [9.17, 15) is 14.6 Å². The minimum Gasteiger partial charge on any atom is -0.506 e. The second-order valence-electron chi connectivity index (χ2n) is 4.45. The van der Waals surface area contributed by atoms with Crippen LogP contribution < -0.4 is 0 Å². The predicted octanol–water partition coefficient (Wildman–Crippen LogP) is 4.12. The number of benzene rings is 2. The number of H-pyrrole nitrogens is 1. The van der Waals surface area contributed by atoms with Gasteiger partial charge in [-0.3, -0.25) is 0 Å². The third-order valence-electron chi connectivity index (χ3n) is 3.06. The molecule has 1 heterocycles. The average molecular weight is 305 g/mol. The Labute approximate surface area is 124 Å². The molecule has 0 aliphatic carbocycles. The van der Waals surface area contributed by atoms with E-state index in [2.05, 4.69) is 9.98 Å². The van der Waals surface area contributed by atoms with Gasteiger partial charge in [0, 0.05) is 28.2 Å². The zero-order chi connectivity index (χ0) is 15.0. The summed E-state index contributed by atoms with van der Waals surface area (Å²) in [5.41, 5.74) is 0.917. The first-order valence-electron chi connectivity index (χ1n) is 6.08. The van der Waals surface area contributed by atoms with Gasteiger partial charge in [0.2, 0.25) is 0 Å². The molecule has 0 aliphatic heterocycles. The van der Waals surface area contributed by atoms with Gasteiger partial charge in [0.05, 0.1) is 5.56 Å². The fraction of sp³-hybridized carbons (Fsp3) is 0. The van der Waals surface area contributed by atoms with Gasteiger partial charge in [-0.25, -0.2) is 9.38 Å². The van der Waals surface area contributed by atoms with Crippen molar-refractivity contribution in [1.29, 1.82) is 0 Å². The molecule has 0 unspecified atom stereocenters. The molecule has 0 amide bonds. The van der Waals surface area contributed by atoms with Crippen molar-refractivity contribution in [3.05, 3.63) is 52.8 Å². The number of nitrogens with one attached hydrogen (secondary N) is 1. The summed E-state index contributed by atoms with van der Waals surface area (Å²) >= 11 is 5.63. The first kappa shape index (κ1) is 13.5. The second kappa shape index (κ2) is 5.10.